The highest BCUT2D eigenvalue weighted by Gasteiger charge is 2.26. The summed E-state index contributed by atoms with van der Waals surface area (Å²) in [6.07, 6.45) is 7.08. The smallest absolute Gasteiger partial charge is 0.139 e. The Morgan fingerprint density at radius 2 is 1.95 bits per heavy atom. The van der Waals surface area contributed by atoms with E-state index in [9.17, 15) is 4.79 Å². The molecule has 2 aliphatic carbocycles. The van der Waals surface area contributed by atoms with Gasteiger partial charge in [0.05, 0.1) is 0 Å². The second-order valence-electron chi connectivity index (χ2n) is 6.51. The minimum atomic E-state index is -0.0194. The standard InChI is InChI=1S/C17H21NO/c1-17(2)10-15(9-16(19)11-17)18-14-7-6-12-4-3-5-13(12)8-14/h6-8,10,18H,3-5,9,11H2,1-2H3. The average molecular weight is 255 g/mol. The number of hydrogen-bond donors (Lipinski definition) is 1. The fourth-order valence-corrected chi connectivity index (χ4v) is 3.27. The van der Waals surface area contributed by atoms with Gasteiger partial charge in [-0.1, -0.05) is 26.0 Å². The van der Waals surface area contributed by atoms with Crippen LogP contribution in [0.4, 0.5) is 5.69 Å². The van der Waals surface area contributed by atoms with Gasteiger partial charge in [0.1, 0.15) is 5.78 Å². The quantitative estimate of drug-likeness (QED) is 0.869. The van der Waals surface area contributed by atoms with Gasteiger partial charge in [-0.2, -0.15) is 0 Å². The number of carbonyl (C=O) groups excluding carboxylic acids is 1. The van der Waals surface area contributed by atoms with Crippen molar-refractivity contribution in [2.24, 2.45) is 5.41 Å². The average Bonchev–Trinajstić information content (AvgIpc) is 2.73. The van der Waals surface area contributed by atoms with E-state index in [2.05, 4.69) is 43.4 Å². The van der Waals surface area contributed by atoms with Crippen LogP contribution in [0.15, 0.2) is 30.0 Å². The molecule has 0 spiro atoms. The van der Waals surface area contributed by atoms with Crippen LogP contribution in [-0.4, -0.2) is 5.78 Å². The highest BCUT2D eigenvalue weighted by molar-refractivity contribution is 5.84. The summed E-state index contributed by atoms with van der Waals surface area (Å²) in [5, 5.41) is 3.44. The predicted octanol–water partition coefficient (Wildman–Crippen LogP) is 3.86. The molecule has 0 saturated heterocycles. The van der Waals surface area contributed by atoms with Crippen molar-refractivity contribution in [2.45, 2.75) is 46.0 Å². The van der Waals surface area contributed by atoms with Gasteiger partial charge < -0.3 is 5.32 Å². The van der Waals surface area contributed by atoms with Crippen LogP contribution in [-0.2, 0) is 17.6 Å². The number of nitrogens with one attached hydrogen (secondary N) is 1. The van der Waals surface area contributed by atoms with Crippen LogP contribution in [0.5, 0.6) is 0 Å². The fraction of sp³-hybridized carbons (Fsp3) is 0.471. The van der Waals surface area contributed by atoms with Gasteiger partial charge in [0.15, 0.2) is 0 Å². The van der Waals surface area contributed by atoms with Gasteiger partial charge in [-0.3, -0.25) is 4.79 Å². The van der Waals surface area contributed by atoms with Crippen molar-refractivity contribution >= 4 is 11.5 Å². The molecule has 0 atom stereocenters. The summed E-state index contributed by atoms with van der Waals surface area (Å²) < 4.78 is 0. The van der Waals surface area contributed by atoms with Gasteiger partial charge >= 0.3 is 0 Å². The van der Waals surface area contributed by atoms with E-state index >= 15 is 0 Å². The first kappa shape index (κ1) is 12.5. The van der Waals surface area contributed by atoms with Gasteiger partial charge in [0.25, 0.3) is 0 Å². The summed E-state index contributed by atoms with van der Waals surface area (Å²) in [7, 11) is 0. The first-order chi connectivity index (χ1) is 9.02. The molecule has 0 saturated carbocycles. The Hall–Kier alpha value is -1.57. The van der Waals surface area contributed by atoms with E-state index < -0.39 is 0 Å². The summed E-state index contributed by atoms with van der Waals surface area (Å²) >= 11 is 0. The largest absolute Gasteiger partial charge is 0.359 e. The van der Waals surface area contributed by atoms with Crippen molar-refractivity contribution in [3.8, 4) is 0 Å². The molecule has 2 heteroatoms. The molecule has 0 bridgehead atoms. The predicted molar refractivity (Wildman–Crippen MR) is 78.2 cm³/mol. The molecule has 0 aromatic heterocycles. The van der Waals surface area contributed by atoms with Gasteiger partial charge in [0.2, 0.25) is 0 Å². The zero-order valence-electron chi connectivity index (χ0n) is 11.8. The maximum atomic E-state index is 11.8. The van der Waals surface area contributed by atoms with Crippen molar-refractivity contribution in [1.82, 2.24) is 0 Å². The lowest BCUT2D eigenvalue weighted by atomic mass is 9.81. The van der Waals surface area contributed by atoms with Crippen LogP contribution in [0.2, 0.25) is 0 Å². The summed E-state index contributed by atoms with van der Waals surface area (Å²) in [6.45, 7) is 4.24. The number of ketones is 1. The highest BCUT2D eigenvalue weighted by Crippen LogP contribution is 2.32. The van der Waals surface area contributed by atoms with E-state index in [1.807, 2.05) is 0 Å². The Balaban J connectivity index is 1.81. The molecule has 2 nitrogen and oxygen atoms in total. The molecule has 19 heavy (non-hydrogen) atoms. The van der Waals surface area contributed by atoms with E-state index in [1.165, 1.54) is 30.4 Å². The van der Waals surface area contributed by atoms with E-state index in [-0.39, 0.29) is 5.41 Å². The van der Waals surface area contributed by atoms with E-state index in [4.69, 9.17) is 0 Å². The van der Waals surface area contributed by atoms with Crippen LogP contribution >= 0.6 is 0 Å². The first-order valence-corrected chi connectivity index (χ1v) is 7.14. The van der Waals surface area contributed by atoms with E-state index in [0.717, 1.165) is 11.4 Å². The fourth-order valence-electron chi connectivity index (χ4n) is 3.27. The van der Waals surface area contributed by atoms with Crippen LogP contribution in [0.3, 0.4) is 0 Å². The lowest BCUT2D eigenvalue weighted by Crippen LogP contribution is -2.23. The Morgan fingerprint density at radius 1 is 1.16 bits per heavy atom. The number of Topliss-reactive ketones (excluding diaryl/α,β-unsaturated/α-hetero) is 1. The summed E-state index contributed by atoms with van der Waals surface area (Å²) in [5.74, 6) is 0.330. The van der Waals surface area contributed by atoms with Crippen LogP contribution in [0, 0.1) is 5.41 Å². The number of benzene rings is 1. The number of carbonyl (C=O) groups is 1. The third-order valence-electron chi connectivity index (χ3n) is 4.01. The Labute approximate surface area is 114 Å². The highest BCUT2D eigenvalue weighted by atomic mass is 16.1. The molecule has 0 radical (unpaired) electrons. The SMILES string of the molecule is CC1(C)C=C(Nc2ccc3c(c2)CCC3)CC(=O)C1. The number of rotatable bonds is 2. The first-order valence-electron chi connectivity index (χ1n) is 7.14. The molecule has 0 fully saturated rings. The van der Waals surface area contributed by atoms with Gasteiger partial charge in [-0.25, -0.2) is 0 Å². The summed E-state index contributed by atoms with van der Waals surface area (Å²) in [5.41, 5.74) is 5.11. The third-order valence-corrected chi connectivity index (χ3v) is 4.01. The molecule has 0 aliphatic heterocycles. The molecular weight excluding hydrogens is 234 g/mol. The van der Waals surface area contributed by atoms with Crippen LogP contribution in [0.25, 0.3) is 0 Å². The summed E-state index contributed by atoms with van der Waals surface area (Å²) in [4.78, 5) is 11.8. The minimum absolute atomic E-state index is 0.0194. The van der Waals surface area contributed by atoms with Crippen molar-refractivity contribution < 1.29 is 4.79 Å². The molecular formula is C17H21NO. The zero-order valence-corrected chi connectivity index (χ0v) is 11.8. The van der Waals surface area contributed by atoms with Crippen molar-refractivity contribution in [2.75, 3.05) is 5.32 Å². The maximum Gasteiger partial charge on any atom is 0.139 e. The molecule has 0 heterocycles. The second kappa shape index (κ2) is 4.52. The molecule has 1 aromatic rings. The number of allylic oxidation sites excluding steroid dienone is 2. The number of aryl methyl sites for hydroxylation is 2. The molecule has 0 unspecified atom stereocenters. The lowest BCUT2D eigenvalue weighted by molar-refractivity contribution is -0.120. The van der Waals surface area contributed by atoms with Gasteiger partial charge in [0, 0.05) is 24.2 Å². The van der Waals surface area contributed by atoms with Crippen LogP contribution in [0.1, 0.15) is 44.2 Å². The molecule has 1 aromatic carbocycles. The Kier molecular flexibility index (Phi) is 2.96. The van der Waals surface area contributed by atoms with Gasteiger partial charge in [-0.15, -0.1) is 0 Å². The number of anilines is 1. The molecule has 0 amide bonds. The van der Waals surface area contributed by atoms with Crippen molar-refractivity contribution in [3.63, 3.8) is 0 Å². The number of hydrogen-bond acceptors (Lipinski definition) is 2. The normalized spacial score (nSPS) is 20.9. The molecule has 100 valence electrons. The zero-order chi connectivity index (χ0) is 13.5. The Morgan fingerprint density at radius 3 is 2.74 bits per heavy atom. The summed E-state index contributed by atoms with van der Waals surface area (Å²) in [6, 6.07) is 6.60. The topological polar surface area (TPSA) is 29.1 Å². The van der Waals surface area contributed by atoms with E-state index in [0.29, 0.717) is 18.6 Å². The maximum absolute atomic E-state index is 11.8. The Bertz CT molecular complexity index is 554. The third kappa shape index (κ3) is 2.73. The molecule has 3 rings (SSSR count). The van der Waals surface area contributed by atoms with Gasteiger partial charge in [-0.05, 0) is 47.9 Å². The van der Waals surface area contributed by atoms with E-state index in [1.54, 1.807) is 0 Å². The minimum Gasteiger partial charge on any atom is -0.359 e. The van der Waals surface area contributed by atoms with Crippen LogP contribution < -0.4 is 5.32 Å². The lowest BCUT2D eigenvalue weighted by Gasteiger charge is -2.27. The second-order valence-corrected chi connectivity index (χ2v) is 6.51. The molecule has 1 N–H and O–H groups in total. The molecule has 2 aliphatic rings. The van der Waals surface area contributed by atoms with Crippen molar-refractivity contribution in [3.05, 3.63) is 41.1 Å². The number of fused-ring (bicyclic) bond motifs is 1. The monoisotopic (exact) mass is 255 g/mol. The van der Waals surface area contributed by atoms with Crippen molar-refractivity contribution in [1.29, 1.82) is 0 Å².